The van der Waals surface area contributed by atoms with E-state index in [1.54, 1.807) is 6.20 Å². The van der Waals surface area contributed by atoms with Crippen LogP contribution >= 0.6 is 0 Å². The lowest BCUT2D eigenvalue weighted by atomic mass is 10.2. The Morgan fingerprint density at radius 2 is 1.96 bits per heavy atom. The fraction of sp³-hybridized carbons (Fsp3) is 0.238. The average Bonchev–Trinajstić information content (AvgIpc) is 3.18. The van der Waals surface area contributed by atoms with Crippen LogP contribution in [0.3, 0.4) is 0 Å². The molecule has 2 heterocycles. The molecule has 5 rings (SSSR count). The molecule has 2 aromatic heterocycles. The molecule has 0 amide bonds. The van der Waals surface area contributed by atoms with Crippen molar-refractivity contribution in [1.82, 2.24) is 19.3 Å². The number of nitrogens with zero attached hydrogens (tertiary/aromatic N) is 4. The van der Waals surface area contributed by atoms with Crippen molar-refractivity contribution in [3.8, 4) is 11.4 Å². The van der Waals surface area contributed by atoms with Crippen LogP contribution in [0.5, 0.6) is 0 Å². The van der Waals surface area contributed by atoms with Gasteiger partial charge in [-0.15, -0.1) is 0 Å². The zero-order valence-electron chi connectivity index (χ0n) is 14.5. The first-order valence-corrected chi connectivity index (χ1v) is 9.01. The molecule has 0 N–H and O–H groups in total. The number of hydrogen-bond acceptors (Lipinski definition) is 3. The van der Waals surface area contributed by atoms with Gasteiger partial charge in [-0.2, -0.15) is 5.10 Å². The summed E-state index contributed by atoms with van der Waals surface area (Å²) in [7, 11) is 0. The van der Waals surface area contributed by atoms with E-state index in [1.807, 2.05) is 35.4 Å². The van der Waals surface area contributed by atoms with E-state index in [0.717, 1.165) is 34.9 Å². The van der Waals surface area contributed by atoms with Gasteiger partial charge in [0.25, 0.3) is 0 Å². The quantitative estimate of drug-likeness (QED) is 0.528. The third-order valence-corrected chi connectivity index (χ3v) is 4.81. The summed E-state index contributed by atoms with van der Waals surface area (Å²) in [4.78, 5) is 4.59. The second-order valence-electron chi connectivity index (χ2n) is 6.87. The van der Waals surface area contributed by atoms with Gasteiger partial charge < -0.3 is 4.74 Å². The molecule has 0 spiro atoms. The van der Waals surface area contributed by atoms with Crippen molar-refractivity contribution in [2.75, 3.05) is 6.61 Å². The molecule has 2 aromatic carbocycles. The Hall–Kier alpha value is -2.92. The van der Waals surface area contributed by atoms with Crippen molar-refractivity contribution in [2.45, 2.75) is 19.4 Å². The summed E-state index contributed by atoms with van der Waals surface area (Å²) >= 11 is 0. The Kier molecular flexibility index (Phi) is 3.79. The van der Waals surface area contributed by atoms with Crippen LogP contribution < -0.4 is 0 Å². The van der Waals surface area contributed by atoms with Crippen LogP contribution in [0.25, 0.3) is 22.4 Å². The first kappa shape index (κ1) is 15.3. The molecule has 1 aliphatic carbocycles. The van der Waals surface area contributed by atoms with E-state index in [4.69, 9.17) is 4.74 Å². The molecule has 0 bridgehead atoms. The van der Waals surface area contributed by atoms with Crippen LogP contribution in [0.2, 0.25) is 0 Å². The number of rotatable bonds is 6. The summed E-state index contributed by atoms with van der Waals surface area (Å²) in [5, 5.41) is 4.31. The number of imidazole rings is 1. The van der Waals surface area contributed by atoms with Gasteiger partial charge in [0.1, 0.15) is 6.33 Å². The van der Waals surface area contributed by atoms with E-state index in [0.29, 0.717) is 6.61 Å². The molecule has 1 aliphatic rings. The minimum Gasteiger partial charge on any atom is -0.376 e. The lowest BCUT2D eigenvalue weighted by Crippen LogP contribution is -1.98. The maximum atomic E-state index is 5.80. The Labute approximate surface area is 151 Å². The highest BCUT2D eigenvalue weighted by molar-refractivity contribution is 5.78. The van der Waals surface area contributed by atoms with Gasteiger partial charge in [-0.05, 0) is 60.7 Å². The standard InChI is InChI=1S/C21H20N4O/c1-3-18(12-19(4-1)25-10-2-9-23-25)24-15-22-20-11-17(7-8-21(20)24)14-26-13-16-5-6-16/h1-4,7-12,15-16H,5-6,13-14H2. The molecule has 0 unspecified atom stereocenters. The van der Waals surface area contributed by atoms with E-state index in [1.165, 1.54) is 18.4 Å². The zero-order valence-corrected chi connectivity index (χ0v) is 14.5. The Morgan fingerprint density at radius 1 is 1.04 bits per heavy atom. The molecule has 0 saturated heterocycles. The first-order valence-electron chi connectivity index (χ1n) is 9.01. The molecule has 1 fully saturated rings. The molecule has 5 heteroatoms. The van der Waals surface area contributed by atoms with Gasteiger partial charge >= 0.3 is 0 Å². The van der Waals surface area contributed by atoms with Crippen molar-refractivity contribution >= 4 is 11.0 Å². The van der Waals surface area contributed by atoms with E-state index < -0.39 is 0 Å². The number of fused-ring (bicyclic) bond motifs is 1. The van der Waals surface area contributed by atoms with Crippen LogP contribution in [0.1, 0.15) is 18.4 Å². The molecule has 1 saturated carbocycles. The number of benzene rings is 2. The Balaban J connectivity index is 1.43. The van der Waals surface area contributed by atoms with Gasteiger partial charge in [0, 0.05) is 24.7 Å². The molecule has 5 nitrogen and oxygen atoms in total. The van der Waals surface area contributed by atoms with Gasteiger partial charge in [0.05, 0.1) is 23.3 Å². The molecule has 26 heavy (non-hydrogen) atoms. The smallest absolute Gasteiger partial charge is 0.100 e. The molecule has 0 atom stereocenters. The second-order valence-corrected chi connectivity index (χ2v) is 6.87. The Morgan fingerprint density at radius 3 is 2.81 bits per heavy atom. The van der Waals surface area contributed by atoms with Crippen LogP contribution in [0, 0.1) is 5.92 Å². The van der Waals surface area contributed by atoms with Crippen molar-refractivity contribution in [3.05, 3.63) is 72.8 Å². The minimum atomic E-state index is 0.661. The summed E-state index contributed by atoms with van der Waals surface area (Å²) in [5.41, 5.74) is 5.35. The van der Waals surface area contributed by atoms with Crippen molar-refractivity contribution in [3.63, 3.8) is 0 Å². The topological polar surface area (TPSA) is 44.9 Å². The minimum absolute atomic E-state index is 0.661. The predicted octanol–water partition coefficient (Wildman–Crippen LogP) is 4.14. The van der Waals surface area contributed by atoms with Gasteiger partial charge in [0.15, 0.2) is 0 Å². The van der Waals surface area contributed by atoms with E-state index in [9.17, 15) is 0 Å². The largest absolute Gasteiger partial charge is 0.376 e. The van der Waals surface area contributed by atoms with E-state index in [-0.39, 0.29) is 0 Å². The van der Waals surface area contributed by atoms with Crippen molar-refractivity contribution in [1.29, 1.82) is 0 Å². The molecule has 0 aliphatic heterocycles. The van der Waals surface area contributed by atoms with Crippen molar-refractivity contribution < 1.29 is 4.74 Å². The maximum absolute atomic E-state index is 5.80. The van der Waals surface area contributed by atoms with Crippen molar-refractivity contribution in [2.24, 2.45) is 5.92 Å². The number of ether oxygens (including phenoxy) is 1. The summed E-state index contributed by atoms with van der Waals surface area (Å²) < 4.78 is 9.76. The highest BCUT2D eigenvalue weighted by Gasteiger charge is 2.21. The second kappa shape index (κ2) is 6.42. The van der Waals surface area contributed by atoms with Crippen LogP contribution in [0.15, 0.2) is 67.3 Å². The molecule has 4 aromatic rings. The van der Waals surface area contributed by atoms with E-state index in [2.05, 4.69) is 45.0 Å². The monoisotopic (exact) mass is 344 g/mol. The fourth-order valence-corrected chi connectivity index (χ4v) is 3.19. The summed E-state index contributed by atoms with van der Waals surface area (Å²) in [6.07, 6.45) is 8.24. The van der Waals surface area contributed by atoms with E-state index >= 15 is 0 Å². The SMILES string of the molecule is c1cc(-n2cccn2)cc(-n2cnc3cc(COCC4CC4)ccc32)c1. The lowest BCUT2D eigenvalue weighted by Gasteiger charge is -2.08. The summed E-state index contributed by atoms with van der Waals surface area (Å²) in [5.74, 6) is 0.792. The average molecular weight is 344 g/mol. The molecule has 0 radical (unpaired) electrons. The van der Waals surface area contributed by atoms with Crippen LogP contribution in [-0.2, 0) is 11.3 Å². The maximum Gasteiger partial charge on any atom is 0.100 e. The molecular formula is C21H20N4O. The fourth-order valence-electron chi connectivity index (χ4n) is 3.19. The third kappa shape index (κ3) is 3.02. The highest BCUT2D eigenvalue weighted by atomic mass is 16.5. The van der Waals surface area contributed by atoms with Gasteiger partial charge in [-0.1, -0.05) is 12.1 Å². The summed E-state index contributed by atoms with van der Waals surface area (Å²) in [6.45, 7) is 1.54. The predicted molar refractivity (Wildman–Crippen MR) is 101 cm³/mol. The van der Waals surface area contributed by atoms with Gasteiger partial charge in [0.2, 0.25) is 0 Å². The zero-order chi connectivity index (χ0) is 17.3. The van der Waals surface area contributed by atoms with Crippen LogP contribution in [0.4, 0.5) is 0 Å². The third-order valence-electron chi connectivity index (χ3n) is 4.81. The highest BCUT2D eigenvalue weighted by Crippen LogP contribution is 2.29. The number of aromatic nitrogens is 4. The number of hydrogen-bond donors (Lipinski definition) is 0. The Bertz CT molecular complexity index is 1030. The summed E-state index contributed by atoms with van der Waals surface area (Å²) in [6, 6.07) is 16.6. The molecule has 130 valence electrons. The first-order chi connectivity index (χ1) is 12.9. The van der Waals surface area contributed by atoms with Gasteiger partial charge in [-0.25, -0.2) is 9.67 Å². The van der Waals surface area contributed by atoms with Crippen LogP contribution in [-0.4, -0.2) is 25.9 Å². The normalized spacial score (nSPS) is 14.2. The van der Waals surface area contributed by atoms with Gasteiger partial charge in [-0.3, -0.25) is 4.57 Å². The lowest BCUT2D eigenvalue weighted by molar-refractivity contribution is 0.111. The molecular weight excluding hydrogens is 324 g/mol.